The molecule has 0 aliphatic carbocycles. The van der Waals surface area contributed by atoms with Gasteiger partial charge in [-0.2, -0.15) is 5.10 Å². The van der Waals surface area contributed by atoms with Gasteiger partial charge in [0, 0.05) is 28.3 Å². The number of anilines is 1. The molecule has 6 nitrogen and oxygen atoms in total. The third kappa shape index (κ3) is 2.65. The number of amidine groups is 1. The van der Waals surface area contributed by atoms with Gasteiger partial charge in [0.1, 0.15) is 11.7 Å². The number of pyridine rings is 1. The van der Waals surface area contributed by atoms with E-state index in [1.54, 1.807) is 24.3 Å². The van der Waals surface area contributed by atoms with Gasteiger partial charge >= 0.3 is 0 Å². The first kappa shape index (κ1) is 15.9. The number of hydrogen-bond donors (Lipinski definition) is 3. The summed E-state index contributed by atoms with van der Waals surface area (Å²) in [6, 6.07) is 6.81. The summed E-state index contributed by atoms with van der Waals surface area (Å²) < 4.78 is 1.52. The first-order valence-corrected chi connectivity index (χ1v) is 7.12. The van der Waals surface area contributed by atoms with Crippen molar-refractivity contribution >= 4 is 23.3 Å². The van der Waals surface area contributed by atoms with Crippen molar-refractivity contribution < 1.29 is 0 Å². The lowest BCUT2D eigenvalue weighted by molar-refractivity contribution is 0.737. The number of aromatic nitrogens is 1. The van der Waals surface area contributed by atoms with E-state index in [2.05, 4.69) is 5.10 Å². The summed E-state index contributed by atoms with van der Waals surface area (Å²) >= 11 is 6.29. The van der Waals surface area contributed by atoms with Gasteiger partial charge in [0.15, 0.2) is 0 Å². The lowest BCUT2D eigenvalue weighted by Crippen LogP contribution is -2.24. The molecule has 2 rings (SSSR count). The van der Waals surface area contributed by atoms with Crippen molar-refractivity contribution in [1.29, 1.82) is 0 Å². The third-order valence-electron chi connectivity index (χ3n) is 3.54. The van der Waals surface area contributed by atoms with Crippen LogP contribution in [0.3, 0.4) is 0 Å². The van der Waals surface area contributed by atoms with Gasteiger partial charge in [0.2, 0.25) is 0 Å². The highest BCUT2D eigenvalue weighted by Gasteiger charge is 2.14. The summed E-state index contributed by atoms with van der Waals surface area (Å²) in [6.45, 7) is 4.21. The molecule has 6 N–H and O–H groups in total. The molecular weight excluding hydrogens is 302 g/mol. The van der Waals surface area contributed by atoms with Crippen molar-refractivity contribution in [3.8, 4) is 11.1 Å². The van der Waals surface area contributed by atoms with E-state index in [0.29, 0.717) is 34.1 Å². The monoisotopic (exact) mass is 319 g/mol. The number of nitrogen functional groups attached to an aromatic ring is 1. The Balaban J connectivity index is 2.68. The predicted octanol–water partition coefficient (Wildman–Crippen LogP) is 1.66. The van der Waals surface area contributed by atoms with E-state index in [1.807, 2.05) is 13.8 Å². The van der Waals surface area contributed by atoms with Crippen LogP contribution in [0.1, 0.15) is 18.1 Å². The molecule has 1 aromatic carbocycles. The molecule has 0 fully saturated rings. The second-order valence-electron chi connectivity index (χ2n) is 4.88. The maximum Gasteiger partial charge on any atom is 0.260 e. The van der Waals surface area contributed by atoms with E-state index >= 15 is 0 Å². The molecule has 0 spiro atoms. The van der Waals surface area contributed by atoms with Crippen LogP contribution in [0.4, 0.5) is 5.82 Å². The minimum Gasteiger partial charge on any atom is -0.385 e. The summed E-state index contributed by atoms with van der Waals surface area (Å²) in [6.07, 6.45) is 0. The Morgan fingerprint density at radius 2 is 2.00 bits per heavy atom. The lowest BCUT2D eigenvalue weighted by atomic mass is 10.0. The van der Waals surface area contributed by atoms with Gasteiger partial charge in [-0.05, 0) is 31.5 Å². The molecule has 0 bridgehead atoms. The Morgan fingerprint density at radius 3 is 2.55 bits per heavy atom. The van der Waals surface area contributed by atoms with Crippen molar-refractivity contribution in [3.63, 3.8) is 0 Å². The molecule has 0 unspecified atom stereocenters. The number of benzene rings is 1. The van der Waals surface area contributed by atoms with Gasteiger partial charge in [-0.3, -0.25) is 9.36 Å². The van der Waals surface area contributed by atoms with Crippen LogP contribution in [-0.2, 0) is 6.54 Å². The minimum atomic E-state index is -0.180. The van der Waals surface area contributed by atoms with Crippen LogP contribution in [-0.4, -0.2) is 10.4 Å². The zero-order valence-electron chi connectivity index (χ0n) is 12.4. The molecule has 0 radical (unpaired) electrons. The topological polar surface area (TPSA) is 112 Å². The smallest absolute Gasteiger partial charge is 0.260 e. The molecule has 0 aliphatic rings. The quantitative estimate of drug-likeness (QED) is 0.345. The Kier molecular flexibility index (Phi) is 4.42. The Hall–Kier alpha value is -2.47. The van der Waals surface area contributed by atoms with Gasteiger partial charge in [-0.25, -0.2) is 0 Å². The summed E-state index contributed by atoms with van der Waals surface area (Å²) in [7, 11) is 0. The van der Waals surface area contributed by atoms with Crippen LogP contribution in [0.25, 0.3) is 11.1 Å². The lowest BCUT2D eigenvalue weighted by Gasteiger charge is -2.14. The number of rotatable bonds is 3. The van der Waals surface area contributed by atoms with Crippen LogP contribution in [0.5, 0.6) is 0 Å². The average Bonchev–Trinajstić information content (AvgIpc) is 2.51. The maximum atomic E-state index is 12.6. The third-order valence-corrected chi connectivity index (χ3v) is 3.85. The molecule has 0 aliphatic heterocycles. The molecular formula is C15H18ClN5O. The number of hydrogen-bond acceptors (Lipinski definition) is 4. The molecule has 22 heavy (non-hydrogen) atoms. The highest BCUT2D eigenvalue weighted by Crippen LogP contribution is 2.28. The van der Waals surface area contributed by atoms with E-state index in [-0.39, 0.29) is 11.4 Å². The Labute approximate surface area is 133 Å². The van der Waals surface area contributed by atoms with Crippen LogP contribution >= 0.6 is 11.6 Å². The van der Waals surface area contributed by atoms with Crippen LogP contribution in [0.15, 0.2) is 34.2 Å². The van der Waals surface area contributed by atoms with Crippen molar-refractivity contribution in [2.24, 2.45) is 16.7 Å². The van der Waals surface area contributed by atoms with E-state index < -0.39 is 0 Å². The van der Waals surface area contributed by atoms with Crippen LogP contribution < -0.4 is 22.9 Å². The molecule has 7 heteroatoms. The number of nitrogens with zero attached hydrogens (tertiary/aromatic N) is 2. The fourth-order valence-corrected chi connectivity index (χ4v) is 2.58. The van der Waals surface area contributed by atoms with E-state index in [9.17, 15) is 4.79 Å². The summed E-state index contributed by atoms with van der Waals surface area (Å²) in [4.78, 5) is 12.6. The standard InChI is InChI=1S/C15H18ClN5O/c1-3-21-14(18)8(2)6-11(15(21)22)10-5-4-9(7-12(10)16)13(17)20-19/h4-7H,3,18-19H2,1-2H3,(H2,17,20). The largest absolute Gasteiger partial charge is 0.385 e. The molecule has 0 saturated carbocycles. The average molecular weight is 320 g/mol. The van der Waals surface area contributed by atoms with Crippen LogP contribution in [0.2, 0.25) is 5.02 Å². The zero-order chi connectivity index (χ0) is 16.4. The Bertz CT molecular complexity index is 810. The van der Waals surface area contributed by atoms with E-state index in [1.165, 1.54) is 4.57 Å². The fourth-order valence-electron chi connectivity index (χ4n) is 2.29. The van der Waals surface area contributed by atoms with Crippen molar-refractivity contribution in [1.82, 2.24) is 4.57 Å². The fraction of sp³-hybridized carbons (Fsp3) is 0.200. The molecule has 0 saturated heterocycles. The van der Waals surface area contributed by atoms with Gasteiger partial charge < -0.3 is 17.3 Å². The van der Waals surface area contributed by atoms with Gasteiger partial charge in [-0.15, -0.1) is 0 Å². The van der Waals surface area contributed by atoms with Crippen molar-refractivity contribution in [2.75, 3.05) is 5.73 Å². The molecule has 1 heterocycles. The summed E-state index contributed by atoms with van der Waals surface area (Å²) in [5, 5.41) is 3.82. The molecule has 1 aromatic heterocycles. The second-order valence-corrected chi connectivity index (χ2v) is 5.29. The zero-order valence-corrected chi connectivity index (χ0v) is 13.2. The van der Waals surface area contributed by atoms with Gasteiger partial charge in [0.05, 0.1) is 0 Å². The van der Waals surface area contributed by atoms with Crippen molar-refractivity contribution in [2.45, 2.75) is 20.4 Å². The predicted molar refractivity (Wildman–Crippen MR) is 90.9 cm³/mol. The Morgan fingerprint density at radius 1 is 1.32 bits per heavy atom. The summed E-state index contributed by atoms with van der Waals surface area (Å²) in [5.74, 6) is 5.79. The number of hydrazone groups is 1. The molecule has 116 valence electrons. The van der Waals surface area contributed by atoms with Gasteiger partial charge in [0.25, 0.3) is 5.56 Å². The van der Waals surface area contributed by atoms with E-state index in [0.717, 1.165) is 5.56 Å². The van der Waals surface area contributed by atoms with Crippen LogP contribution in [0, 0.1) is 6.92 Å². The molecule has 0 atom stereocenters. The SMILES string of the molecule is CCn1c(N)c(C)cc(-c2ccc(C(N)=NN)cc2Cl)c1=O. The number of aryl methyl sites for hydroxylation is 1. The first-order valence-electron chi connectivity index (χ1n) is 6.74. The van der Waals surface area contributed by atoms with E-state index in [4.69, 9.17) is 28.9 Å². The van der Waals surface area contributed by atoms with Gasteiger partial charge in [-0.1, -0.05) is 23.7 Å². The molecule has 2 aromatic rings. The highest BCUT2D eigenvalue weighted by atomic mass is 35.5. The van der Waals surface area contributed by atoms with Crippen molar-refractivity contribution in [3.05, 3.63) is 50.8 Å². The number of nitrogens with two attached hydrogens (primary N) is 3. The minimum absolute atomic E-state index is 0.174. The maximum absolute atomic E-state index is 12.6. The second kappa shape index (κ2) is 6.11. The first-order chi connectivity index (χ1) is 10.4. The normalized spacial score (nSPS) is 11.7. The highest BCUT2D eigenvalue weighted by molar-refractivity contribution is 6.33. The molecule has 0 amide bonds. The number of halogens is 1. The summed E-state index contributed by atoms with van der Waals surface area (Å²) in [5.41, 5.74) is 13.9.